The Hall–Kier alpha value is -0.530. The van der Waals surface area contributed by atoms with Crippen LogP contribution in [0, 0.1) is 6.92 Å². The fourth-order valence-corrected chi connectivity index (χ4v) is 1.66. The minimum atomic E-state index is 0. The van der Waals surface area contributed by atoms with Gasteiger partial charge in [-0.1, -0.05) is 23.8 Å². The topological polar surface area (TPSA) is 26.0 Å². The SMILES string of the molecule is Cc1cc(CN)cc(C2CC2)c1.Cl. The molecule has 1 aliphatic carbocycles. The summed E-state index contributed by atoms with van der Waals surface area (Å²) in [5.41, 5.74) is 9.73. The number of benzene rings is 1. The molecule has 0 unspecified atom stereocenters. The molecule has 1 aliphatic rings. The number of hydrogen-bond acceptors (Lipinski definition) is 1. The highest BCUT2D eigenvalue weighted by Crippen LogP contribution is 2.40. The van der Waals surface area contributed by atoms with Gasteiger partial charge in [-0.05, 0) is 36.8 Å². The minimum absolute atomic E-state index is 0. The van der Waals surface area contributed by atoms with E-state index in [-0.39, 0.29) is 12.4 Å². The van der Waals surface area contributed by atoms with Crippen molar-refractivity contribution in [1.29, 1.82) is 0 Å². The van der Waals surface area contributed by atoms with Crippen molar-refractivity contribution < 1.29 is 0 Å². The maximum atomic E-state index is 5.61. The minimum Gasteiger partial charge on any atom is -0.326 e. The summed E-state index contributed by atoms with van der Waals surface area (Å²) in [7, 11) is 0. The molecule has 1 aromatic carbocycles. The van der Waals surface area contributed by atoms with Gasteiger partial charge in [-0.2, -0.15) is 0 Å². The Labute approximate surface area is 85.7 Å². The van der Waals surface area contributed by atoms with Gasteiger partial charge in [-0.15, -0.1) is 12.4 Å². The van der Waals surface area contributed by atoms with Crippen molar-refractivity contribution in [2.24, 2.45) is 5.73 Å². The average Bonchev–Trinajstić information content (AvgIpc) is 2.85. The lowest BCUT2D eigenvalue weighted by molar-refractivity contribution is 1.03. The van der Waals surface area contributed by atoms with Crippen LogP contribution in [0.25, 0.3) is 0 Å². The molecule has 0 aromatic heterocycles. The summed E-state index contributed by atoms with van der Waals surface area (Å²) in [4.78, 5) is 0. The van der Waals surface area contributed by atoms with Crippen LogP contribution in [0.15, 0.2) is 18.2 Å². The van der Waals surface area contributed by atoms with Crippen molar-refractivity contribution in [2.45, 2.75) is 32.2 Å². The summed E-state index contributed by atoms with van der Waals surface area (Å²) in [5, 5.41) is 0. The summed E-state index contributed by atoms with van der Waals surface area (Å²) in [5.74, 6) is 0.843. The van der Waals surface area contributed by atoms with Crippen molar-refractivity contribution in [1.82, 2.24) is 0 Å². The number of aryl methyl sites for hydroxylation is 1. The van der Waals surface area contributed by atoms with E-state index >= 15 is 0 Å². The maximum absolute atomic E-state index is 5.61. The van der Waals surface area contributed by atoms with Crippen LogP contribution in [-0.4, -0.2) is 0 Å². The lowest BCUT2D eigenvalue weighted by Crippen LogP contribution is -1.97. The quantitative estimate of drug-likeness (QED) is 0.776. The molecular weight excluding hydrogens is 182 g/mol. The van der Waals surface area contributed by atoms with Gasteiger partial charge in [0.15, 0.2) is 0 Å². The van der Waals surface area contributed by atoms with Gasteiger partial charge in [0, 0.05) is 6.54 Å². The first-order valence-corrected chi connectivity index (χ1v) is 4.60. The Morgan fingerprint density at radius 2 is 2.00 bits per heavy atom. The molecule has 72 valence electrons. The van der Waals surface area contributed by atoms with Crippen LogP contribution in [-0.2, 0) is 6.54 Å². The van der Waals surface area contributed by atoms with Crippen molar-refractivity contribution in [3.05, 3.63) is 34.9 Å². The van der Waals surface area contributed by atoms with Crippen molar-refractivity contribution in [3.8, 4) is 0 Å². The Bertz CT molecular complexity index is 292. The van der Waals surface area contributed by atoms with Crippen LogP contribution in [0.2, 0.25) is 0 Å². The standard InChI is InChI=1S/C11H15N.ClH/c1-8-4-9(7-12)6-11(5-8)10-2-3-10;/h4-6,10H,2-3,7,12H2,1H3;1H. The number of hydrogen-bond donors (Lipinski definition) is 1. The number of rotatable bonds is 2. The Morgan fingerprint density at radius 3 is 2.54 bits per heavy atom. The molecule has 0 radical (unpaired) electrons. The highest BCUT2D eigenvalue weighted by atomic mass is 35.5. The van der Waals surface area contributed by atoms with Crippen LogP contribution in [0.4, 0.5) is 0 Å². The molecule has 13 heavy (non-hydrogen) atoms. The molecule has 1 aromatic rings. The molecule has 0 bridgehead atoms. The maximum Gasteiger partial charge on any atom is 0.0178 e. The normalized spacial score (nSPS) is 15.2. The molecule has 0 heterocycles. The number of nitrogens with two attached hydrogens (primary N) is 1. The van der Waals surface area contributed by atoms with E-state index in [9.17, 15) is 0 Å². The largest absolute Gasteiger partial charge is 0.326 e. The molecule has 1 saturated carbocycles. The fraction of sp³-hybridized carbons (Fsp3) is 0.455. The second-order valence-electron chi connectivity index (χ2n) is 3.73. The van der Waals surface area contributed by atoms with Crippen LogP contribution < -0.4 is 5.73 Å². The molecule has 1 fully saturated rings. The van der Waals surface area contributed by atoms with E-state index in [1.807, 2.05) is 0 Å². The van der Waals surface area contributed by atoms with Crippen molar-refractivity contribution in [2.75, 3.05) is 0 Å². The van der Waals surface area contributed by atoms with Crippen molar-refractivity contribution in [3.63, 3.8) is 0 Å². The van der Waals surface area contributed by atoms with E-state index in [2.05, 4.69) is 25.1 Å². The van der Waals surface area contributed by atoms with E-state index in [0.717, 1.165) is 5.92 Å². The van der Waals surface area contributed by atoms with Gasteiger partial charge >= 0.3 is 0 Å². The van der Waals surface area contributed by atoms with Crippen LogP contribution in [0.1, 0.15) is 35.4 Å². The number of halogens is 1. The van der Waals surface area contributed by atoms with E-state index in [0.29, 0.717) is 6.54 Å². The lowest BCUT2D eigenvalue weighted by atomic mass is 10.0. The van der Waals surface area contributed by atoms with E-state index < -0.39 is 0 Å². The molecule has 0 saturated heterocycles. The average molecular weight is 198 g/mol. The molecule has 2 N–H and O–H groups in total. The predicted octanol–water partition coefficient (Wildman–Crippen LogP) is 2.75. The first-order chi connectivity index (χ1) is 5.79. The van der Waals surface area contributed by atoms with E-state index in [4.69, 9.17) is 5.73 Å². The summed E-state index contributed by atoms with van der Waals surface area (Å²) in [6.45, 7) is 2.81. The smallest absolute Gasteiger partial charge is 0.0178 e. The van der Waals surface area contributed by atoms with E-state index in [1.165, 1.54) is 29.5 Å². The van der Waals surface area contributed by atoms with Gasteiger partial charge in [0.2, 0.25) is 0 Å². The Kier molecular flexibility index (Phi) is 3.34. The highest BCUT2D eigenvalue weighted by molar-refractivity contribution is 5.85. The van der Waals surface area contributed by atoms with E-state index in [1.54, 1.807) is 0 Å². The predicted molar refractivity (Wildman–Crippen MR) is 58.3 cm³/mol. The zero-order valence-corrected chi connectivity index (χ0v) is 8.73. The third-order valence-corrected chi connectivity index (χ3v) is 2.44. The Balaban J connectivity index is 0.000000845. The second-order valence-corrected chi connectivity index (χ2v) is 3.73. The third kappa shape index (κ3) is 2.45. The van der Waals surface area contributed by atoms with Gasteiger partial charge in [0.25, 0.3) is 0 Å². The fourth-order valence-electron chi connectivity index (χ4n) is 1.66. The zero-order chi connectivity index (χ0) is 8.55. The van der Waals surface area contributed by atoms with Crippen LogP contribution in [0.3, 0.4) is 0 Å². The highest BCUT2D eigenvalue weighted by Gasteiger charge is 2.23. The summed E-state index contributed by atoms with van der Waals surface area (Å²) in [6.07, 6.45) is 2.74. The molecular formula is C11H16ClN. The summed E-state index contributed by atoms with van der Waals surface area (Å²) >= 11 is 0. The molecule has 0 amide bonds. The van der Waals surface area contributed by atoms with Crippen LogP contribution >= 0.6 is 12.4 Å². The molecule has 2 heteroatoms. The monoisotopic (exact) mass is 197 g/mol. The van der Waals surface area contributed by atoms with Gasteiger partial charge in [0.05, 0.1) is 0 Å². The molecule has 0 atom stereocenters. The zero-order valence-electron chi connectivity index (χ0n) is 7.92. The molecule has 0 aliphatic heterocycles. The van der Waals surface area contributed by atoms with Gasteiger partial charge in [-0.25, -0.2) is 0 Å². The third-order valence-electron chi connectivity index (χ3n) is 2.44. The first kappa shape index (κ1) is 10.6. The Morgan fingerprint density at radius 1 is 1.31 bits per heavy atom. The van der Waals surface area contributed by atoms with Crippen molar-refractivity contribution >= 4 is 12.4 Å². The van der Waals surface area contributed by atoms with Gasteiger partial charge in [0.1, 0.15) is 0 Å². The van der Waals surface area contributed by atoms with Gasteiger partial charge in [-0.3, -0.25) is 0 Å². The second kappa shape index (κ2) is 4.12. The molecule has 0 spiro atoms. The lowest BCUT2D eigenvalue weighted by Gasteiger charge is -2.04. The molecule has 1 nitrogen and oxygen atoms in total. The van der Waals surface area contributed by atoms with Crippen LogP contribution in [0.5, 0.6) is 0 Å². The first-order valence-electron chi connectivity index (χ1n) is 4.60. The summed E-state index contributed by atoms with van der Waals surface area (Å²) in [6, 6.07) is 6.72. The molecule has 2 rings (SSSR count). The van der Waals surface area contributed by atoms with Gasteiger partial charge < -0.3 is 5.73 Å². The summed E-state index contributed by atoms with van der Waals surface area (Å²) < 4.78 is 0.